The third kappa shape index (κ3) is 10.2. The van der Waals surface area contributed by atoms with E-state index in [2.05, 4.69) is 0 Å². The monoisotopic (exact) mass is 541 g/mol. The van der Waals surface area contributed by atoms with Gasteiger partial charge in [-0.15, -0.1) is 0 Å². The molecule has 2 rings (SSSR count). The van der Waals surface area contributed by atoms with Crippen molar-refractivity contribution in [2.45, 2.75) is 71.9 Å². The summed E-state index contributed by atoms with van der Waals surface area (Å²) in [5.74, 6) is -1.91. The van der Waals surface area contributed by atoms with Crippen molar-refractivity contribution in [1.29, 1.82) is 0 Å². The van der Waals surface area contributed by atoms with Gasteiger partial charge in [0, 0.05) is 25.7 Å². The van der Waals surface area contributed by atoms with Crippen LogP contribution in [0.25, 0.3) is 0 Å². The second kappa shape index (κ2) is 14.4. The van der Waals surface area contributed by atoms with Crippen molar-refractivity contribution in [3.63, 3.8) is 0 Å². The van der Waals surface area contributed by atoms with Gasteiger partial charge in [0.2, 0.25) is 0 Å². The van der Waals surface area contributed by atoms with Crippen molar-refractivity contribution in [2.24, 2.45) is 17.6 Å². The number of nitrogens with two attached hydrogens (primary N) is 1. The summed E-state index contributed by atoms with van der Waals surface area (Å²) in [5.41, 5.74) is 5.87. The van der Waals surface area contributed by atoms with Crippen molar-refractivity contribution < 1.29 is 38.1 Å². The normalized spacial score (nSPS) is 13.4. The molecule has 0 amide bonds. The highest BCUT2D eigenvalue weighted by atomic mass is 16.6. The maximum atomic E-state index is 12.8. The average Bonchev–Trinajstić information content (AvgIpc) is 2.84. The molecule has 0 heterocycles. The van der Waals surface area contributed by atoms with Crippen LogP contribution in [-0.2, 0) is 30.3 Å². The number of carbonyl (C=O) groups excluding carboxylic acids is 4. The molecule has 0 radical (unpaired) electrons. The predicted octanol–water partition coefficient (Wildman–Crippen LogP) is 4.64. The van der Waals surface area contributed by atoms with Gasteiger partial charge in [-0.05, 0) is 48.6 Å². The Morgan fingerprint density at radius 3 is 1.92 bits per heavy atom. The highest BCUT2D eigenvalue weighted by molar-refractivity contribution is 5.89. The summed E-state index contributed by atoms with van der Waals surface area (Å²) in [5, 5.41) is 0. The molecule has 2 atom stereocenters. The number of hydrogen-bond donors (Lipinski definition) is 1. The molecule has 2 N–H and O–H groups in total. The van der Waals surface area contributed by atoms with E-state index in [1.807, 2.05) is 27.7 Å². The van der Waals surface area contributed by atoms with Crippen molar-refractivity contribution in [3.05, 3.63) is 59.7 Å². The summed E-state index contributed by atoms with van der Waals surface area (Å²) in [4.78, 5) is 50.0. The van der Waals surface area contributed by atoms with Gasteiger partial charge in [0.15, 0.2) is 11.5 Å². The van der Waals surface area contributed by atoms with Crippen LogP contribution in [0.2, 0.25) is 0 Å². The molecule has 9 nitrogen and oxygen atoms in total. The Labute approximate surface area is 229 Å². The van der Waals surface area contributed by atoms with Gasteiger partial charge in [-0.3, -0.25) is 14.4 Å². The molecular weight excluding hydrogens is 502 g/mol. The van der Waals surface area contributed by atoms with Gasteiger partial charge in [0.25, 0.3) is 0 Å². The van der Waals surface area contributed by atoms with Gasteiger partial charge in [-0.25, -0.2) is 4.79 Å². The molecule has 0 aliphatic carbocycles. The second-order valence-corrected chi connectivity index (χ2v) is 10.5. The Balaban J connectivity index is 2.30. The Morgan fingerprint density at radius 2 is 1.38 bits per heavy atom. The Morgan fingerprint density at radius 1 is 0.821 bits per heavy atom. The molecule has 0 saturated carbocycles. The lowest BCUT2D eigenvalue weighted by Crippen LogP contribution is -2.53. The number of methoxy groups -OCH3 is 1. The van der Waals surface area contributed by atoms with Gasteiger partial charge in [0.1, 0.15) is 11.6 Å². The fraction of sp³-hybridized carbons (Fsp3) is 0.467. The van der Waals surface area contributed by atoms with E-state index in [-0.39, 0.29) is 49.0 Å². The molecule has 0 aliphatic heterocycles. The summed E-state index contributed by atoms with van der Waals surface area (Å²) in [7, 11) is 1.22. The van der Waals surface area contributed by atoms with E-state index in [4.69, 9.17) is 24.7 Å². The molecular formula is C30H39NO8. The molecule has 0 bridgehead atoms. The quantitative estimate of drug-likeness (QED) is 0.285. The van der Waals surface area contributed by atoms with Crippen LogP contribution < -0.4 is 15.2 Å². The molecule has 1 unspecified atom stereocenters. The maximum absolute atomic E-state index is 12.8. The number of benzene rings is 2. The minimum Gasteiger partial charge on any atom is -0.468 e. The zero-order chi connectivity index (χ0) is 29.2. The molecule has 2 aromatic carbocycles. The predicted molar refractivity (Wildman–Crippen MR) is 145 cm³/mol. The number of rotatable bonds is 13. The number of carbonyl (C=O) groups is 4. The number of esters is 4. The van der Waals surface area contributed by atoms with Crippen LogP contribution in [0.1, 0.15) is 69.8 Å². The highest BCUT2D eigenvalue weighted by Gasteiger charge is 2.38. The van der Waals surface area contributed by atoms with Crippen LogP contribution in [0, 0.1) is 11.8 Å². The summed E-state index contributed by atoms with van der Waals surface area (Å²) < 4.78 is 21.5. The summed E-state index contributed by atoms with van der Waals surface area (Å²) in [6.07, 6.45) is -0.430. The largest absolute Gasteiger partial charge is 0.468 e. The molecule has 0 aromatic heterocycles. The van der Waals surface area contributed by atoms with Gasteiger partial charge in [-0.1, -0.05) is 52.0 Å². The van der Waals surface area contributed by atoms with Gasteiger partial charge < -0.3 is 24.7 Å². The first-order valence-corrected chi connectivity index (χ1v) is 13.0. The van der Waals surface area contributed by atoms with Crippen molar-refractivity contribution in [3.8, 4) is 11.5 Å². The lowest BCUT2D eigenvalue weighted by molar-refractivity contribution is -0.148. The Bertz CT molecular complexity index is 1140. The van der Waals surface area contributed by atoms with E-state index in [1.54, 1.807) is 43.3 Å². The average molecular weight is 542 g/mol. The standard InChI is InChI=1S/C30H39NO8/c1-19(2)14-26(32)38-24-13-12-22(16-25(24)39-27(33)15-20(3)4)18-30(31,29(35)36-6)17-21(5)37-28(34)23-10-8-7-9-11-23/h7-13,16,19-21H,14-15,17-18,31H2,1-6H3/t21-,30?/m0/s1. The zero-order valence-electron chi connectivity index (χ0n) is 23.5. The van der Waals surface area contributed by atoms with Crippen molar-refractivity contribution in [1.82, 2.24) is 0 Å². The first kappa shape index (κ1) is 31.5. The van der Waals surface area contributed by atoms with Crippen LogP contribution in [0.5, 0.6) is 11.5 Å². The Hall–Kier alpha value is -3.72. The van der Waals surface area contributed by atoms with Crippen LogP contribution in [0.15, 0.2) is 48.5 Å². The molecule has 0 fully saturated rings. The van der Waals surface area contributed by atoms with Gasteiger partial charge >= 0.3 is 23.9 Å². The van der Waals surface area contributed by atoms with E-state index in [0.29, 0.717) is 11.1 Å². The van der Waals surface area contributed by atoms with Crippen LogP contribution in [-0.4, -0.2) is 42.6 Å². The molecule has 2 aromatic rings. The van der Waals surface area contributed by atoms with E-state index in [9.17, 15) is 19.2 Å². The van der Waals surface area contributed by atoms with Crippen LogP contribution in [0.3, 0.4) is 0 Å². The third-order valence-corrected chi connectivity index (χ3v) is 5.69. The highest BCUT2D eigenvalue weighted by Crippen LogP contribution is 2.32. The number of hydrogen-bond acceptors (Lipinski definition) is 9. The molecule has 212 valence electrons. The first-order valence-electron chi connectivity index (χ1n) is 13.0. The Kier molecular flexibility index (Phi) is 11.7. The second-order valence-electron chi connectivity index (χ2n) is 10.5. The van der Waals surface area contributed by atoms with Gasteiger partial charge in [-0.2, -0.15) is 0 Å². The smallest absolute Gasteiger partial charge is 0.338 e. The van der Waals surface area contributed by atoms with E-state index < -0.39 is 35.5 Å². The van der Waals surface area contributed by atoms with Crippen LogP contribution in [0.4, 0.5) is 0 Å². The summed E-state index contributed by atoms with van der Waals surface area (Å²) >= 11 is 0. The lowest BCUT2D eigenvalue weighted by atomic mass is 9.86. The zero-order valence-corrected chi connectivity index (χ0v) is 23.5. The molecule has 0 saturated heterocycles. The topological polar surface area (TPSA) is 131 Å². The fourth-order valence-electron chi connectivity index (χ4n) is 4.00. The molecule has 0 spiro atoms. The molecule has 9 heteroatoms. The van der Waals surface area contributed by atoms with E-state index >= 15 is 0 Å². The molecule has 39 heavy (non-hydrogen) atoms. The minimum absolute atomic E-state index is 0.0259. The van der Waals surface area contributed by atoms with E-state index in [0.717, 1.165) is 0 Å². The summed E-state index contributed by atoms with van der Waals surface area (Å²) in [6, 6.07) is 13.1. The minimum atomic E-state index is -1.57. The van der Waals surface area contributed by atoms with Crippen molar-refractivity contribution >= 4 is 23.9 Å². The van der Waals surface area contributed by atoms with Gasteiger partial charge in [0.05, 0.1) is 12.7 Å². The van der Waals surface area contributed by atoms with Crippen LogP contribution >= 0.6 is 0 Å². The van der Waals surface area contributed by atoms with Crippen molar-refractivity contribution in [2.75, 3.05) is 7.11 Å². The maximum Gasteiger partial charge on any atom is 0.338 e. The molecule has 0 aliphatic rings. The SMILES string of the molecule is COC(=O)C(N)(Cc1ccc(OC(=O)CC(C)C)c(OC(=O)CC(C)C)c1)C[C@H](C)OC(=O)c1ccccc1. The fourth-order valence-corrected chi connectivity index (χ4v) is 4.00. The first-order chi connectivity index (χ1) is 18.3. The lowest BCUT2D eigenvalue weighted by Gasteiger charge is -2.29. The third-order valence-electron chi connectivity index (χ3n) is 5.69. The summed E-state index contributed by atoms with van der Waals surface area (Å²) in [6.45, 7) is 9.18. The van der Waals surface area contributed by atoms with E-state index in [1.165, 1.54) is 19.2 Å². The number of ether oxygens (including phenoxy) is 4.